The Kier molecular flexibility index (Phi) is 3.15. The third kappa shape index (κ3) is 2.18. The highest BCUT2D eigenvalue weighted by molar-refractivity contribution is 5.69. The first-order chi connectivity index (χ1) is 8.84. The van der Waals surface area contributed by atoms with Gasteiger partial charge in [0.05, 0.1) is 5.52 Å². The molecule has 3 heterocycles. The number of hydrogen-bond donors (Lipinski definition) is 2. The van der Waals surface area contributed by atoms with E-state index in [2.05, 4.69) is 15.3 Å². The lowest BCUT2D eigenvalue weighted by molar-refractivity contribution is 0.338. The molecule has 0 saturated carbocycles. The van der Waals surface area contributed by atoms with Crippen molar-refractivity contribution in [3.05, 3.63) is 28.8 Å². The van der Waals surface area contributed by atoms with Gasteiger partial charge in [0.1, 0.15) is 0 Å². The Labute approximate surface area is 105 Å². The Balaban J connectivity index is 1.77. The molecule has 0 radical (unpaired) electrons. The number of rotatable bonds is 3. The number of aromatic amines is 1. The molecule has 1 saturated heterocycles. The lowest BCUT2D eigenvalue weighted by atomic mass is 9.95. The third-order valence-corrected chi connectivity index (χ3v) is 3.75. The summed E-state index contributed by atoms with van der Waals surface area (Å²) in [6, 6.07) is 3.74. The molecular weight excluding hydrogens is 228 g/mol. The molecule has 0 aliphatic carbocycles. The Bertz CT molecular complexity index is 580. The molecule has 5 heteroatoms. The van der Waals surface area contributed by atoms with Gasteiger partial charge in [0.2, 0.25) is 0 Å². The maximum absolute atomic E-state index is 11.9. The normalized spacial score (nSPS) is 17.3. The van der Waals surface area contributed by atoms with Crippen LogP contribution in [-0.4, -0.2) is 27.6 Å². The zero-order valence-electron chi connectivity index (χ0n) is 10.4. The number of aromatic nitrogens is 3. The molecule has 2 aromatic rings. The van der Waals surface area contributed by atoms with Crippen LogP contribution in [0.5, 0.6) is 0 Å². The van der Waals surface area contributed by atoms with Crippen molar-refractivity contribution < 1.29 is 0 Å². The lowest BCUT2D eigenvalue weighted by Gasteiger charge is -2.22. The van der Waals surface area contributed by atoms with Crippen LogP contribution >= 0.6 is 0 Å². The van der Waals surface area contributed by atoms with Crippen molar-refractivity contribution in [1.29, 1.82) is 0 Å². The highest BCUT2D eigenvalue weighted by Gasteiger charge is 2.14. The van der Waals surface area contributed by atoms with Crippen LogP contribution in [0.4, 0.5) is 0 Å². The van der Waals surface area contributed by atoms with Crippen LogP contribution in [0.3, 0.4) is 0 Å². The van der Waals surface area contributed by atoms with Crippen molar-refractivity contribution >= 4 is 11.2 Å². The smallest absolute Gasteiger partial charge is 0.317 e. The maximum atomic E-state index is 11.9. The molecular formula is C13H18N4O. The van der Waals surface area contributed by atoms with Crippen LogP contribution in [-0.2, 0) is 6.54 Å². The quantitative estimate of drug-likeness (QED) is 0.853. The fourth-order valence-electron chi connectivity index (χ4n) is 2.68. The van der Waals surface area contributed by atoms with Crippen molar-refractivity contribution in [2.75, 3.05) is 13.1 Å². The van der Waals surface area contributed by atoms with Gasteiger partial charge in [0, 0.05) is 12.7 Å². The molecule has 1 aliphatic rings. The summed E-state index contributed by atoms with van der Waals surface area (Å²) in [4.78, 5) is 19.0. The third-order valence-electron chi connectivity index (χ3n) is 3.75. The van der Waals surface area contributed by atoms with E-state index >= 15 is 0 Å². The number of imidazole rings is 1. The second-order valence-electron chi connectivity index (χ2n) is 4.94. The van der Waals surface area contributed by atoms with Gasteiger partial charge in [-0.25, -0.2) is 9.78 Å². The van der Waals surface area contributed by atoms with Gasteiger partial charge in [-0.05, 0) is 50.4 Å². The van der Waals surface area contributed by atoms with Gasteiger partial charge < -0.3 is 10.3 Å². The molecule has 2 N–H and O–H groups in total. The number of nitrogens with zero attached hydrogens (tertiary/aromatic N) is 2. The molecule has 2 aromatic heterocycles. The monoisotopic (exact) mass is 246 g/mol. The number of pyridine rings is 1. The summed E-state index contributed by atoms with van der Waals surface area (Å²) in [6.07, 6.45) is 5.22. The van der Waals surface area contributed by atoms with Crippen LogP contribution < -0.4 is 11.0 Å². The zero-order valence-corrected chi connectivity index (χ0v) is 10.4. The average molecular weight is 246 g/mol. The van der Waals surface area contributed by atoms with E-state index in [-0.39, 0.29) is 5.69 Å². The van der Waals surface area contributed by atoms with Crippen LogP contribution in [0.15, 0.2) is 23.1 Å². The standard InChI is InChI=1S/C13H18N4O/c18-13-16-11-2-1-6-15-12(11)17(13)9-5-10-3-7-14-8-4-10/h1-2,6,10,14H,3-5,7-9H2,(H,16,18). The minimum Gasteiger partial charge on any atom is -0.317 e. The van der Waals surface area contributed by atoms with Crippen LogP contribution in [0, 0.1) is 5.92 Å². The van der Waals surface area contributed by atoms with Gasteiger partial charge in [-0.15, -0.1) is 0 Å². The second-order valence-corrected chi connectivity index (χ2v) is 4.94. The van der Waals surface area contributed by atoms with Gasteiger partial charge in [-0.2, -0.15) is 0 Å². The molecule has 0 aromatic carbocycles. The first-order valence-corrected chi connectivity index (χ1v) is 6.59. The topological polar surface area (TPSA) is 62.7 Å². The van der Waals surface area contributed by atoms with Gasteiger partial charge in [0.15, 0.2) is 5.65 Å². The van der Waals surface area contributed by atoms with E-state index in [1.165, 1.54) is 12.8 Å². The highest BCUT2D eigenvalue weighted by Crippen LogP contribution is 2.17. The number of fused-ring (bicyclic) bond motifs is 1. The van der Waals surface area contributed by atoms with Crippen molar-refractivity contribution in [3.63, 3.8) is 0 Å². The van der Waals surface area contributed by atoms with E-state index in [1.54, 1.807) is 10.8 Å². The highest BCUT2D eigenvalue weighted by atomic mass is 16.1. The van der Waals surface area contributed by atoms with Gasteiger partial charge in [-0.1, -0.05) is 0 Å². The number of aryl methyl sites for hydroxylation is 1. The summed E-state index contributed by atoms with van der Waals surface area (Å²) in [5.74, 6) is 0.729. The molecule has 18 heavy (non-hydrogen) atoms. The van der Waals surface area contributed by atoms with Gasteiger partial charge in [0.25, 0.3) is 0 Å². The Morgan fingerprint density at radius 1 is 1.39 bits per heavy atom. The summed E-state index contributed by atoms with van der Waals surface area (Å²) in [5.41, 5.74) is 1.56. The molecule has 0 bridgehead atoms. The first kappa shape index (κ1) is 11.5. The van der Waals surface area contributed by atoms with E-state index in [0.29, 0.717) is 0 Å². The zero-order chi connectivity index (χ0) is 12.4. The molecule has 1 fully saturated rings. The minimum absolute atomic E-state index is 0.0439. The predicted octanol–water partition coefficient (Wildman–Crippen LogP) is 1.11. The number of nitrogens with one attached hydrogen (secondary N) is 2. The first-order valence-electron chi connectivity index (χ1n) is 6.59. The Morgan fingerprint density at radius 3 is 3.06 bits per heavy atom. The molecule has 96 valence electrons. The molecule has 0 unspecified atom stereocenters. The summed E-state index contributed by atoms with van der Waals surface area (Å²) in [6.45, 7) is 2.97. The second kappa shape index (κ2) is 4.94. The van der Waals surface area contributed by atoms with E-state index in [1.807, 2.05) is 12.1 Å². The molecule has 3 rings (SSSR count). The number of H-pyrrole nitrogens is 1. The van der Waals surface area contributed by atoms with Crippen LogP contribution in [0.2, 0.25) is 0 Å². The molecule has 5 nitrogen and oxygen atoms in total. The summed E-state index contributed by atoms with van der Waals surface area (Å²) in [5, 5.41) is 3.36. The Hall–Kier alpha value is -1.62. The van der Waals surface area contributed by atoms with Crippen LogP contribution in [0.1, 0.15) is 19.3 Å². The van der Waals surface area contributed by atoms with Crippen molar-refractivity contribution in [2.45, 2.75) is 25.8 Å². The Morgan fingerprint density at radius 2 is 2.22 bits per heavy atom. The minimum atomic E-state index is -0.0439. The number of hydrogen-bond acceptors (Lipinski definition) is 3. The van der Waals surface area contributed by atoms with E-state index in [0.717, 1.165) is 43.1 Å². The number of piperidine rings is 1. The van der Waals surface area contributed by atoms with Gasteiger partial charge in [-0.3, -0.25) is 4.57 Å². The summed E-state index contributed by atoms with van der Waals surface area (Å²) in [7, 11) is 0. The van der Waals surface area contributed by atoms with Crippen molar-refractivity contribution in [2.24, 2.45) is 5.92 Å². The van der Waals surface area contributed by atoms with Crippen molar-refractivity contribution in [1.82, 2.24) is 19.9 Å². The molecule has 0 spiro atoms. The average Bonchev–Trinajstić information content (AvgIpc) is 2.73. The van der Waals surface area contributed by atoms with Crippen molar-refractivity contribution in [3.8, 4) is 0 Å². The molecule has 0 amide bonds. The summed E-state index contributed by atoms with van der Waals surface area (Å²) >= 11 is 0. The predicted molar refractivity (Wildman–Crippen MR) is 70.6 cm³/mol. The molecule has 1 aliphatic heterocycles. The fraction of sp³-hybridized carbons (Fsp3) is 0.538. The summed E-state index contributed by atoms with van der Waals surface area (Å²) < 4.78 is 1.76. The SMILES string of the molecule is O=c1[nH]c2cccnc2n1CCC1CCNCC1. The fourth-order valence-corrected chi connectivity index (χ4v) is 2.68. The molecule has 0 atom stereocenters. The van der Waals surface area contributed by atoms with E-state index in [9.17, 15) is 4.79 Å². The van der Waals surface area contributed by atoms with Gasteiger partial charge >= 0.3 is 5.69 Å². The lowest BCUT2D eigenvalue weighted by Crippen LogP contribution is -2.29. The maximum Gasteiger partial charge on any atom is 0.327 e. The van der Waals surface area contributed by atoms with E-state index in [4.69, 9.17) is 0 Å². The van der Waals surface area contributed by atoms with Crippen LogP contribution in [0.25, 0.3) is 11.2 Å². The largest absolute Gasteiger partial charge is 0.327 e. The van der Waals surface area contributed by atoms with E-state index < -0.39 is 0 Å².